The maximum absolute atomic E-state index is 12.4. The summed E-state index contributed by atoms with van der Waals surface area (Å²) in [5.41, 5.74) is 1.46. The van der Waals surface area contributed by atoms with Crippen LogP contribution in [0.4, 0.5) is 0 Å². The van der Waals surface area contributed by atoms with Gasteiger partial charge in [-0.15, -0.1) is 0 Å². The number of ether oxygens (including phenoxy) is 1. The first-order chi connectivity index (χ1) is 9.12. The second kappa shape index (κ2) is 8.12. The predicted molar refractivity (Wildman–Crippen MR) is 76.7 cm³/mol. The average molecular weight is 285 g/mol. The summed E-state index contributed by atoms with van der Waals surface area (Å²) in [6.45, 7) is 5.77. The van der Waals surface area contributed by atoms with E-state index in [4.69, 9.17) is 16.3 Å². The van der Waals surface area contributed by atoms with E-state index in [1.165, 1.54) is 0 Å². The lowest BCUT2D eigenvalue weighted by Crippen LogP contribution is -2.33. The van der Waals surface area contributed by atoms with Crippen LogP contribution in [0.1, 0.15) is 36.3 Å². The Morgan fingerprint density at radius 3 is 2.74 bits per heavy atom. The molecule has 1 aromatic heterocycles. The SMILES string of the molecule is CCCc1cc(C(=O)N(CC)CCOC)cc(Cl)n1. The third-order valence-corrected chi connectivity index (χ3v) is 3.03. The number of likely N-dealkylation sites (N-methyl/N-ethyl adjacent to an activating group) is 1. The zero-order valence-electron chi connectivity index (χ0n) is 11.8. The minimum atomic E-state index is -0.0267. The van der Waals surface area contributed by atoms with Crippen molar-refractivity contribution in [1.82, 2.24) is 9.88 Å². The van der Waals surface area contributed by atoms with Crippen LogP contribution in [0.3, 0.4) is 0 Å². The van der Waals surface area contributed by atoms with Crippen LogP contribution in [0.5, 0.6) is 0 Å². The summed E-state index contributed by atoms with van der Waals surface area (Å²) in [7, 11) is 1.63. The Bertz CT molecular complexity index is 424. The van der Waals surface area contributed by atoms with Crippen LogP contribution < -0.4 is 0 Å². The summed E-state index contributed by atoms with van der Waals surface area (Å²) in [5, 5.41) is 0.372. The number of aryl methyl sites for hydroxylation is 1. The van der Waals surface area contributed by atoms with Crippen molar-refractivity contribution in [1.29, 1.82) is 0 Å². The highest BCUT2D eigenvalue weighted by Gasteiger charge is 2.15. The van der Waals surface area contributed by atoms with Crippen molar-refractivity contribution in [2.75, 3.05) is 26.8 Å². The minimum absolute atomic E-state index is 0.0267. The fourth-order valence-corrected chi connectivity index (χ4v) is 2.07. The maximum atomic E-state index is 12.4. The number of hydrogen-bond donors (Lipinski definition) is 0. The number of halogens is 1. The second-order valence-electron chi connectivity index (χ2n) is 4.30. The first-order valence-corrected chi connectivity index (χ1v) is 6.94. The van der Waals surface area contributed by atoms with E-state index in [-0.39, 0.29) is 5.91 Å². The highest BCUT2D eigenvalue weighted by Crippen LogP contribution is 2.14. The van der Waals surface area contributed by atoms with Crippen molar-refractivity contribution in [3.8, 4) is 0 Å². The lowest BCUT2D eigenvalue weighted by Gasteiger charge is -2.20. The Hall–Kier alpha value is -1.13. The number of methoxy groups -OCH3 is 1. The lowest BCUT2D eigenvalue weighted by atomic mass is 10.1. The van der Waals surface area contributed by atoms with Crippen LogP contribution in [-0.2, 0) is 11.2 Å². The van der Waals surface area contributed by atoms with Gasteiger partial charge in [0.15, 0.2) is 0 Å². The third-order valence-electron chi connectivity index (χ3n) is 2.83. The molecule has 0 N–H and O–H groups in total. The third kappa shape index (κ3) is 4.80. The Morgan fingerprint density at radius 1 is 1.42 bits per heavy atom. The summed E-state index contributed by atoms with van der Waals surface area (Å²) in [6.07, 6.45) is 1.80. The smallest absolute Gasteiger partial charge is 0.254 e. The highest BCUT2D eigenvalue weighted by atomic mass is 35.5. The molecule has 19 heavy (non-hydrogen) atoms. The van der Waals surface area contributed by atoms with Gasteiger partial charge >= 0.3 is 0 Å². The van der Waals surface area contributed by atoms with Crippen molar-refractivity contribution in [3.63, 3.8) is 0 Å². The summed E-state index contributed by atoms with van der Waals surface area (Å²) in [6, 6.07) is 3.45. The van der Waals surface area contributed by atoms with Crippen molar-refractivity contribution in [3.05, 3.63) is 28.5 Å². The van der Waals surface area contributed by atoms with Gasteiger partial charge < -0.3 is 9.64 Å². The van der Waals surface area contributed by atoms with E-state index < -0.39 is 0 Å². The molecule has 106 valence electrons. The van der Waals surface area contributed by atoms with Crippen molar-refractivity contribution in [2.24, 2.45) is 0 Å². The van der Waals surface area contributed by atoms with Gasteiger partial charge in [0, 0.05) is 31.5 Å². The second-order valence-corrected chi connectivity index (χ2v) is 4.68. The monoisotopic (exact) mass is 284 g/mol. The molecule has 0 atom stereocenters. The molecule has 0 spiro atoms. The van der Waals surface area contributed by atoms with E-state index in [1.807, 2.05) is 13.0 Å². The van der Waals surface area contributed by atoms with Gasteiger partial charge in [-0.1, -0.05) is 24.9 Å². The Morgan fingerprint density at radius 2 is 2.16 bits per heavy atom. The number of amides is 1. The van der Waals surface area contributed by atoms with Gasteiger partial charge in [-0.05, 0) is 25.5 Å². The van der Waals surface area contributed by atoms with Crippen LogP contribution in [0.15, 0.2) is 12.1 Å². The van der Waals surface area contributed by atoms with Crippen LogP contribution in [-0.4, -0.2) is 42.6 Å². The van der Waals surface area contributed by atoms with Gasteiger partial charge in [-0.25, -0.2) is 4.98 Å². The average Bonchev–Trinajstić information content (AvgIpc) is 2.39. The molecule has 1 heterocycles. The predicted octanol–water partition coefficient (Wildman–Crippen LogP) is 2.80. The fourth-order valence-electron chi connectivity index (χ4n) is 1.85. The molecule has 0 bridgehead atoms. The zero-order valence-corrected chi connectivity index (χ0v) is 12.5. The zero-order chi connectivity index (χ0) is 14.3. The van der Waals surface area contributed by atoms with Crippen LogP contribution in [0.2, 0.25) is 5.15 Å². The molecule has 0 saturated carbocycles. The first kappa shape index (κ1) is 15.9. The maximum Gasteiger partial charge on any atom is 0.254 e. The van der Waals surface area contributed by atoms with Gasteiger partial charge in [0.1, 0.15) is 5.15 Å². The van der Waals surface area contributed by atoms with Gasteiger partial charge in [-0.2, -0.15) is 0 Å². The van der Waals surface area contributed by atoms with E-state index in [0.717, 1.165) is 18.5 Å². The van der Waals surface area contributed by atoms with Crippen LogP contribution in [0, 0.1) is 0 Å². The topological polar surface area (TPSA) is 42.4 Å². The van der Waals surface area contributed by atoms with Crippen molar-refractivity contribution >= 4 is 17.5 Å². The number of nitrogens with zero attached hydrogens (tertiary/aromatic N) is 2. The number of rotatable bonds is 7. The van der Waals surface area contributed by atoms with Crippen LogP contribution in [0.25, 0.3) is 0 Å². The molecule has 0 fully saturated rings. The highest BCUT2D eigenvalue weighted by molar-refractivity contribution is 6.29. The summed E-state index contributed by atoms with van der Waals surface area (Å²) < 4.78 is 5.01. The van der Waals surface area contributed by atoms with E-state index >= 15 is 0 Å². The number of aromatic nitrogens is 1. The number of carbonyl (C=O) groups excluding carboxylic acids is 1. The standard InChI is InChI=1S/C14H21ClN2O2/c1-4-6-12-9-11(10-13(15)16-12)14(18)17(5-2)7-8-19-3/h9-10H,4-8H2,1-3H3. The first-order valence-electron chi connectivity index (χ1n) is 6.57. The molecular formula is C14H21ClN2O2. The van der Waals surface area contributed by atoms with Crippen LogP contribution >= 0.6 is 11.6 Å². The largest absolute Gasteiger partial charge is 0.383 e. The fraction of sp³-hybridized carbons (Fsp3) is 0.571. The molecule has 0 saturated heterocycles. The van der Waals surface area contributed by atoms with Crippen molar-refractivity contribution in [2.45, 2.75) is 26.7 Å². The van der Waals surface area contributed by atoms with E-state index in [0.29, 0.717) is 30.4 Å². The molecule has 0 aliphatic carbocycles. The minimum Gasteiger partial charge on any atom is -0.383 e. The summed E-state index contributed by atoms with van der Waals surface area (Å²) in [4.78, 5) is 18.3. The molecule has 1 rings (SSSR count). The normalized spacial score (nSPS) is 10.5. The summed E-state index contributed by atoms with van der Waals surface area (Å²) >= 11 is 5.98. The number of hydrogen-bond acceptors (Lipinski definition) is 3. The molecule has 0 aliphatic rings. The molecule has 0 aromatic carbocycles. The molecule has 0 radical (unpaired) electrons. The van der Waals surface area contributed by atoms with Gasteiger partial charge in [0.2, 0.25) is 0 Å². The molecule has 0 unspecified atom stereocenters. The molecule has 5 heteroatoms. The quantitative estimate of drug-likeness (QED) is 0.723. The van der Waals surface area contributed by atoms with E-state index in [9.17, 15) is 4.79 Å². The number of carbonyl (C=O) groups is 1. The summed E-state index contributed by atoms with van der Waals surface area (Å²) in [5.74, 6) is -0.0267. The molecule has 4 nitrogen and oxygen atoms in total. The molecule has 1 aromatic rings. The Labute approximate surface area is 119 Å². The lowest BCUT2D eigenvalue weighted by molar-refractivity contribution is 0.0706. The molecular weight excluding hydrogens is 264 g/mol. The Kier molecular flexibility index (Phi) is 6.81. The van der Waals surface area contributed by atoms with Gasteiger partial charge in [0.05, 0.1) is 6.61 Å². The molecule has 0 aliphatic heterocycles. The van der Waals surface area contributed by atoms with Gasteiger partial charge in [-0.3, -0.25) is 4.79 Å². The van der Waals surface area contributed by atoms with Gasteiger partial charge in [0.25, 0.3) is 5.91 Å². The van der Waals surface area contributed by atoms with E-state index in [2.05, 4.69) is 11.9 Å². The van der Waals surface area contributed by atoms with Crippen molar-refractivity contribution < 1.29 is 9.53 Å². The number of pyridine rings is 1. The van der Waals surface area contributed by atoms with E-state index in [1.54, 1.807) is 18.1 Å². The Balaban J connectivity index is 2.90. The molecule has 1 amide bonds.